The first-order valence-electron chi connectivity index (χ1n) is 10.8. The van der Waals surface area contributed by atoms with E-state index in [0.29, 0.717) is 32.3 Å². The maximum Gasteiger partial charge on any atom is 0.195 e. The third-order valence-electron chi connectivity index (χ3n) is 4.71. The fourth-order valence-electron chi connectivity index (χ4n) is 3.16. The minimum absolute atomic E-state index is 0. The molecular weight excluding hydrogens is 497 g/mol. The fraction of sp³-hybridized carbons (Fsp3) is 0.682. The normalized spacial score (nSPS) is 18.6. The molecule has 170 valence electrons. The molecule has 1 aromatic rings. The minimum atomic E-state index is 0. The molecular formula is C22H36IN3O4. The maximum atomic E-state index is 5.78. The standard InChI is InChI=1S/C22H35N3O4.HI/c1-17(2)15-24-22(23-9-4-10-26-16-19-6-3-11-27-19)25-18-7-8-20-21(14-18)29-13-5-12-28-20;/h7-8,14,17,19H,3-6,9-13,15-16H2,1-2H3,(H2,23,24,25);1H. The molecule has 0 aliphatic carbocycles. The molecule has 1 aromatic carbocycles. The maximum absolute atomic E-state index is 5.78. The van der Waals surface area contributed by atoms with Gasteiger partial charge in [0, 0.05) is 44.5 Å². The lowest BCUT2D eigenvalue weighted by molar-refractivity contribution is 0.0168. The van der Waals surface area contributed by atoms with Gasteiger partial charge in [0.2, 0.25) is 0 Å². The van der Waals surface area contributed by atoms with Gasteiger partial charge in [-0.05, 0) is 37.3 Å². The van der Waals surface area contributed by atoms with Crippen LogP contribution in [-0.2, 0) is 9.47 Å². The monoisotopic (exact) mass is 533 g/mol. The molecule has 8 heteroatoms. The van der Waals surface area contributed by atoms with E-state index in [1.54, 1.807) is 0 Å². The largest absolute Gasteiger partial charge is 0.490 e. The number of nitrogens with one attached hydrogen (secondary N) is 2. The van der Waals surface area contributed by atoms with Crippen LogP contribution < -0.4 is 20.1 Å². The zero-order valence-corrected chi connectivity index (χ0v) is 20.5. The Hall–Kier alpha value is -1.26. The van der Waals surface area contributed by atoms with E-state index in [0.717, 1.165) is 68.5 Å². The molecule has 2 aliphatic heterocycles. The molecule has 7 nitrogen and oxygen atoms in total. The summed E-state index contributed by atoms with van der Waals surface area (Å²) in [5.41, 5.74) is 0.930. The molecule has 0 radical (unpaired) electrons. The Morgan fingerprint density at radius 1 is 1.17 bits per heavy atom. The van der Waals surface area contributed by atoms with Crippen LogP contribution in [0.3, 0.4) is 0 Å². The summed E-state index contributed by atoms with van der Waals surface area (Å²) < 4.78 is 22.8. The Balaban J connectivity index is 0.00000320. The second-order valence-electron chi connectivity index (χ2n) is 7.91. The third kappa shape index (κ3) is 8.85. The molecule has 3 rings (SSSR count). The van der Waals surface area contributed by atoms with Crippen LogP contribution in [-0.4, -0.2) is 58.2 Å². The lowest BCUT2D eigenvalue weighted by Crippen LogP contribution is -2.32. The summed E-state index contributed by atoms with van der Waals surface area (Å²) in [6, 6.07) is 5.91. The van der Waals surface area contributed by atoms with Gasteiger partial charge in [-0.3, -0.25) is 4.99 Å². The second-order valence-corrected chi connectivity index (χ2v) is 7.91. The number of benzene rings is 1. The van der Waals surface area contributed by atoms with Crippen molar-refractivity contribution >= 4 is 35.6 Å². The first-order valence-corrected chi connectivity index (χ1v) is 10.8. The molecule has 2 heterocycles. The number of hydrogen-bond donors (Lipinski definition) is 2. The first-order chi connectivity index (χ1) is 14.2. The summed E-state index contributed by atoms with van der Waals surface area (Å²) in [5.74, 6) is 2.84. The van der Waals surface area contributed by atoms with Gasteiger partial charge in [0.15, 0.2) is 17.5 Å². The Morgan fingerprint density at radius 3 is 2.77 bits per heavy atom. The molecule has 0 saturated carbocycles. The van der Waals surface area contributed by atoms with Gasteiger partial charge >= 0.3 is 0 Å². The number of anilines is 1. The zero-order valence-electron chi connectivity index (χ0n) is 18.2. The summed E-state index contributed by atoms with van der Waals surface area (Å²) in [7, 11) is 0. The molecule has 0 aromatic heterocycles. The van der Waals surface area contributed by atoms with Gasteiger partial charge in [0.05, 0.1) is 25.9 Å². The van der Waals surface area contributed by atoms with Crippen LogP contribution in [0.25, 0.3) is 0 Å². The van der Waals surface area contributed by atoms with Crippen molar-refractivity contribution in [3.63, 3.8) is 0 Å². The SMILES string of the molecule is CC(C)CN=C(NCCCOCC1CCCO1)Nc1ccc2c(c1)OCCCO2.I. The molecule has 2 aliphatic rings. The van der Waals surface area contributed by atoms with Gasteiger partial charge in [0.1, 0.15) is 0 Å². The van der Waals surface area contributed by atoms with E-state index in [1.807, 2.05) is 18.2 Å². The smallest absolute Gasteiger partial charge is 0.195 e. The number of aliphatic imine (C=N–C) groups is 1. The average molecular weight is 533 g/mol. The highest BCUT2D eigenvalue weighted by atomic mass is 127. The molecule has 0 spiro atoms. The number of halogens is 1. The Bertz CT molecular complexity index is 651. The van der Waals surface area contributed by atoms with E-state index in [-0.39, 0.29) is 30.1 Å². The molecule has 1 saturated heterocycles. The molecule has 0 amide bonds. The van der Waals surface area contributed by atoms with Crippen molar-refractivity contribution in [2.24, 2.45) is 10.9 Å². The van der Waals surface area contributed by atoms with Crippen LogP contribution in [0, 0.1) is 5.92 Å². The van der Waals surface area contributed by atoms with Gasteiger partial charge in [-0.15, -0.1) is 24.0 Å². The van der Waals surface area contributed by atoms with Crippen molar-refractivity contribution in [2.45, 2.75) is 45.6 Å². The van der Waals surface area contributed by atoms with Crippen LogP contribution in [0.5, 0.6) is 11.5 Å². The van der Waals surface area contributed by atoms with E-state index < -0.39 is 0 Å². The molecule has 1 atom stereocenters. The third-order valence-corrected chi connectivity index (χ3v) is 4.71. The van der Waals surface area contributed by atoms with Gasteiger partial charge in [-0.2, -0.15) is 0 Å². The minimum Gasteiger partial charge on any atom is -0.490 e. The lowest BCUT2D eigenvalue weighted by Gasteiger charge is -2.15. The summed E-state index contributed by atoms with van der Waals surface area (Å²) in [6.45, 7) is 9.53. The summed E-state index contributed by atoms with van der Waals surface area (Å²) in [4.78, 5) is 4.69. The predicted octanol–water partition coefficient (Wildman–Crippen LogP) is 4.07. The second kappa shape index (κ2) is 13.9. The van der Waals surface area contributed by atoms with Crippen LogP contribution in [0.2, 0.25) is 0 Å². The topological polar surface area (TPSA) is 73.3 Å². The molecule has 0 bridgehead atoms. The van der Waals surface area contributed by atoms with Crippen molar-refractivity contribution in [1.82, 2.24) is 5.32 Å². The highest BCUT2D eigenvalue weighted by molar-refractivity contribution is 14.0. The van der Waals surface area contributed by atoms with Crippen LogP contribution >= 0.6 is 24.0 Å². The number of hydrogen-bond acceptors (Lipinski definition) is 5. The van der Waals surface area contributed by atoms with E-state index in [4.69, 9.17) is 23.9 Å². The number of rotatable bonds is 9. The van der Waals surface area contributed by atoms with Crippen LogP contribution in [0.1, 0.15) is 39.5 Å². The molecule has 30 heavy (non-hydrogen) atoms. The molecule has 1 unspecified atom stereocenters. The van der Waals surface area contributed by atoms with Crippen LogP contribution in [0.4, 0.5) is 5.69 Å². The van der Waals surface area contributed by atoms with Crippen LogP contribution in [0.15, 0.2) is 23.2 Å². The van der Waals surface area contributed by atoms with Crippen molar-refractivity contribution in [1.29, 1.82) is 0 Å². The first kappa shape index (κ1) is 25.0. The van der Waals surface area contributed by atoms with Gasteiger partial charge in [0.25, 0.3) is 0 Å². The van der Waals surface area contributed by atoms with Crippen molar-refractivity contribution in [2.75, 3.05) is 51.4 Å². The van der Waals surface area contributed by atoms with Crippen molar-refractivity contribution < 1.29 is 18.9 Å². The summed E-state index contributed by atoms with van der Waals surface area (Å²) >= 11 is 0. The van der Waals surface area contributed by atoms with E-state index in [1.165, 1.54) is 0 Å². The van der Waals surface area contributed by atoms with Gasteiger partial charge < -0.3 is 29.6 Å². The van der Waals surface area contributed by atoms with Crippen molar-refractivity contribution in [3.8, 4) is 11.5 Å². The Morgan fingerprint density at radius 2 is 2.00 bits per heavy atom. The summed E-state index contributed by atoms with van der Waals surface area (Å²) in [5, 5.41) is 6.78. The zero-order chi connectivity index (χ0) is 20.3. The number of guanidine groups is 1. The fourth-order valence-corrected chi connectivity index (χ4v) is 3.16. The van der Waals surface area contributed by atoms with Gasteiger partial charge in [-0.25, -0.2) is 0 Å². The molecule has 1 fully saturated rings. The van der Waals surface area contributed by atoms with E-state index >= 15 is 0 Å². The number of ether oxygens (including phenoxy) is 4. The quantitative estimate of drug-likeness (QED) is 0.216. The summed E-state index contributed by atoms with van der Waals surface area (Å²) in [6.07, 6.45) is 4.36. The van der Waals surface area contributed by atoms with E-state index in [2.05, 4.69) is 24.5 Å². The van der Waals surface area contributed by atoms with Crippen molar-refractivity contribution in [3.05, 3.63) is 18.2 Å². The Labute approximate surface area is 197 Å². The molecule has 2 N–H and O–H groups in total. The van der Waals surface area contributed by atoms with Gasteiger partial charge in [-0.1, -0.05) is 13.8 Å². The number of fused-ring (bicyclic) bond motifs is 1. The van der Waals surface area contributed by atoms with E-state index in [9.17, 15) is 0 Å². The average Bonchev–Trinajstić information content (AvgIpc) is 3.12. The lowest BCUT2D eigenvalue weighted by atomic mass is 10.2. The number of nitrogens with zero attached hydrogens (tertiary/aromatic N) is 1. The Kier molecular flexibility index (Phi) is 11.6. The predicted molar refractivity (Wildman–Crippen MR) is 131 cm³/mol. The highest BCUT2D eigenvalue weighted by Gasteiger charge is 2.15. The highest BCUT2D eigenvalue weighted by Crippen LogP contribution is 2.32.